The standard InChI is InChI=1S/C21H26N2O6/c1-5-26-16-11-15(12-17(27-6-2)19(16)28-7-3)20(24)23-18-13-14(9-10-22-18)21(25)29-8-4/h9-13H,5-8H2,1-4H3,(H,22,23,24). The minimum absolute atomic E-state index is 0.227. The predicted octanol–water partition coefficient (Wildman–Crippen LogP) is 3.71. The molecule has 1 aromatic heterocycles. The molecule has 0 aliphatic heterocycles. The van der Waals surface area contributed by atoms with Gasteiger partial charge >= 0.3 is 5.97 Å². The minimum atomic E-state index is -0.483. The average molecular weight is 402 g/mol. The van der Waals surface area contributed by atoms with Gasteiger partial charge in [0, 0.05) is 11.8 Å². The van der Waals surface area contributed by atoms with E-state index in [1.807, 2.05) is 20.8 Å². The van der Waals surface area contributed by atoms with Crippen LogP contribution in [-0.4, -0.2) is 43.3 Å². The SMILES string of the molecule is CCOC(=O)c1ccnc(NC(=O)c2cc(OCC)c(OCC)c(OCC)c2)c1. The molecule has 0 bridgehead atoms. The molecule has 2 rings (SSSR count). The van der Waals surface area contributed by atoms with Crippen molar-refractivity contribution in [2.45, 2.75) is 27.7 Å². The number of ether oxygens (including phenoxy) is 4. The number of esters is 1. The van der Waals surface area contributed by atoms with E-state index in [1.165, 1.54) is 18.3 Å². The van der Waals surface area contributed by atoms with E-state index in [-0.39, 0.29) is 12.4 Å². The lowest BCUT2D eigenvalue weighted by Gasteiger charge is -2.17. The molecule has 0 radical (unpaired) electrons. The number of carbonyl (C=O) groups excluding carboxylic acids is 2. The number of hydrogen-bond acceptors (Lipinski definition) is 7. The summed E-state index contributed by atoms with van der Waals surface area (Å²) in [5.74, 6) is 0.602. The van der Waals surface area contributed by atoms with Crippen molar-refractivity contribution in [3.63, 3.8) is 0 Å². The molecule has 0 saturated carbocycles. The van der Waals surface area contributed by atoms with Crippen LogP contribution in [0.4, 0.5) is 5.82 Å². The first-order chi connectivity index (χ1) is 14.0. The summed E-state index contributed by atoms with van der Waals surface area (Å²) in [6.07, 6.45) is 1.43. The number of benzene rings is 1. The summed E-state index contributed by atoms with van der Waals surface area (Å²) in [6, 6.07) is 6.14. The number of pyridine rings is 1. The van der Waals surface area contributed by atoms with E-state index in [0.29, 0.717) is 48.2 Å². The monoisotopic (exact) mass is 402 g/mol. The number of nitrogens with zero attached hydrogens (tertiary/aromatic N) is 1. The second-order valence-corrected chi connectivity index (χ2v) is 5.71. The van der Waals surface area contributed by atoms with Gasteiger partial charge in [-0.25, -0.2) is 9.78 Å². The summed E-state index contributed by atoms with van der Waals surface area (Å²) in [5, 5.41) is 2.68. The molecule has 0 atom stereocenters. The molecule has 8 heteroatoms. The smallest absolute Gasteiger partial charge is 0.338 e. The maximum Gasteiger partial charge on any atom is 0.338 e. The van der Waals surface area contributed by atoms with Crippen LogP contribution in [0.15, 0.2) is 30.5 Å². The number of rotatable bonds is 10. The quantitative estimate of drug-likeness (QED) is 0.605. The maximum atomic E-state index is 12.8. The van der Waals surface area contributed by atoms with Crippen molar-refractivity contribution >= 4 is 17.7 Å². The molecule has 0 aliphatic rings. The predicted molar refractivity (Wildman–Crippen MR) is 108 cm³/mol. The zero-order valence-electron chi connectivity index (χ0n) is 17.1. The average Bonchev–Trinajstić information content (AvgIpc) is 2.71. The Morgan fingerprint density at radius 1 is 0.862 bits per heavy atom. The Balaban J connectivity index is 2.32. The van der Waals surface area contributed by atoms with Crippen LogP contribution in [0.3, 0.4) is 0 Å². The first kappa shape index (κ1) is 22.0. The van der Waals surface area contributed by atoms with E-state index in [4.69, 9.17) is 18.9 Å². The third kappa shape index (κ3) is 5.84. The molecule has 0 saturated heterocycles. The molecule has 1 amide bonds. The topological polar surface area (TPSA) is 96.0 Å². The molecule has 156 valence electrons. The van der Waals surface area contributed by atoms with Gasteiger partial charge in [0.2, 0.25) is 5.75 Å². The van der Waals surface area contributed by atoms with Crippen LogP contribution >= 0.6 is 0 Å². The highest BCUT2D eigenvalue weighted by molar-refractivity contribution is 6.05. The van der Waals surface area contributed by atoms with Gasteiger partial charge in [-0.1, -0.05) is 0 Å². The van der Waals surface area contributed by atoms with E-state index >= 15 is 0 Å². The third-order valence-electron chi connectivity index (χ3n) is 3.68. The van der Waals surface area contributed by atoms with Crippen molar-refractivity contribution in [1.29, 1.82) is 0 Å². The van der Waals surface area contributed by atoms with E-state index in [2.05, 4.69) is 10.3 Å². The van der Waals surface area contributed by atoms with Gasteiger partial charge in [-0.3, -0.25) is 4.79 Å². The van der Waals surface area contributed by atoms with Crippen LogP contribution in [0.25, 0.3) is 0 Å². The summed E-state index contributed by atoms with van der Waals surface area (Å²) in [7, 11) is 0. The Bertz CT molecular complexity index is 826. The molecule has 0 unspecified atom stereocenters. The number of aromatic nitrogens is 1. The van der Waals surface area contributed by atoms with Crippen LogP contribution in [0, 0.1) is 0 Å². The Kier molecular flexibility index (Phi) is 8.27. The molecule has 2 aromatic rings. The lowest BCUT2D eigenvalue weighted by molar-refractivity contribution is 0.0526. The first-order valence-electron chi connectivity index (χ1n) is 9.54. The molecule has 0 aliphatic carbocycles. The highest BCUT2D eigenvalue weighted by atomic mass is 16.5. The second-order valence-electron chi connectivity index (χ2n) is 5.71. The summed E-state index contributed by atoms with van der Waals surface area (Å²) < 4.78 is 21.9. The van der Waals surface area contributed by atoms with Crippen molar-refractivity contribution in [2.75, 3.05) is 31.7 Å². The summed E-state index contributed by atoms with van der Waals surface area (Å²) >= 11 is 0. The van der Waals surface area contributed by atoms with Crippen LogP contribution < -0.4 is 19.5 Å². The van der Waals surface area contributed by atoms with Crippen LogP contribution in [0.2, 0.25) is 0 Å². The normalized spacial score (nSPS) is 10.2. The first-order valence-corrected chi connectivity index (χ1v) is 9.54. The summed E-state index contributed by atoms with van der Waals surface area (Å²) in [6.45, 7) is 8.75. The van der Waals surface area contributed by atoms with Crippen molar-refractivity contribution in [1.82, 2.24) is 4.98 Å². The van der Waals surface area contributed by atoms with E-state index in [9.17, 15) is 9.59 Å². The number of anilines is 1. The minimum Gasteiger partial charge on any atom is -0.490 e. The van der Waals surface area contributed by atoms with Crippen molar-refractivity contribution in [3.05, 3.63) is 41.6 Å². The fraction of sp³-hybridized carbons (Fsp3) is 0.381. The lowest BCUT2D eigenvalue weighted by Crippen LogP contribution is -2.15. The maximum absolute atomic E-state index is 12.8. The van der Waals surface area contributed by atoms with Gasteiger partial charge < -0.3 is 24.3 Å². The van der Waals surface area contributed by atoms with E-state index < -0.39 is 11.9 Å². The Labute approximate surface area is 170 Å². The fourth-order valence-electron chi connectivity index (χ4n) is 2.55. The molecule has 1 heterocycles. The van der Waals surface area contributed by atoms with Crippen LogP contribution in [0.1, 0.15) is 48.4 Å². The fourth-order valence-corrected chi connectivity index (χ4v) is 2.55. The van der Waals surface area contributed by atoms with Crippen LogP contribution in [0.5, 0.6) is 17.2 Å². The van der Waals surface area contributed by atoms with E-state index in [1.54, 1.807) is 19.1 Å². The number of carbonyl (C=O) groups is 2. The molecule has 29 heavy (non-hydrogen) atoms. The number of amides is 1. The second kappa shape index (κ2) is 10.9. The van der Waals surface area contributed by atoms with Crippen molar-refractivity contribution in [2.24, 2.45) is 0 Å². The van der Waals surface area contributed by atoms with Gasteiger partial charge in [0.1, 0.15) is 5.82 Å². The van der Waals surface area contributed by atoms with Gasteiger partial charge in [-0.05, 0) is 52.0 Å². The summed E-state index contributed by atoms with van der Waals surface area (Å²) in [4.78, 5) is 28.7. The van der Waals surface area contributed by atoms with Gasteiger partial charge in [-0.15, -0.1) is 0 Å². The molecular weight excluding hydrogens is 376 g/mol. The Morgan fingerprint density at radius 2 is 1.48 bits per heavy atom. The molecular formula is C21H26N2O6. The van der Waals surface area contributed by atoms with E-state index in [0.717, 1.165) is 0 Å². The van der Waals surface area contributed by atoms with Crippen LogP contribution in [-0.2, 0) is 4.74 Å². The number of hydrogen-bond donors (Lipinski definition) is 1. The highest BCUT2D eigenvalue weighted by Crippen LogP contribution is 2.39. The van der Waals surface area contributed by atoms with Gasteiger partial charge in [0.25, 0.3) is 5.91 Å². The molecule has 1 N–H and O–H groups in total. The molecule has 0 fully saturated rings. The lowest BCUT2D eigenvalue weighted by atomic mass is 10.1. The molecule has 1 aromatic carbocycles. The Hall–Kier alpha value is -3.29. The van der Waals surface area contributed by atoms with Crippen molar-refractivity contribution in [3.8, 4) is 17.2 Å². The van der Waals surface area contributed by atoms with Gasteiger partial charge in [0.15, 0.2) is 11.5 Å². The Morgan fingerprint density at radius 3 is 2.03 bits per heavy atom. The summed E-state index contributed by atoms with van der Waals surface area (Å²) in [5.41, 5.74) is 0.609. The third-order valence-corrected chi connectivity index (χ3v) is 3.68. The zero-order valence-corrected chi connectivity index (χ0v) is 17.1. The zero-order chi connectivity index (χ0) is 21.2. The molecule has 0 spiro atoms. The van der Waals surface area contributed by atoms with Gasteiger partial charge in [0.05, 0.1) is 32.0 Å². The molecule has 8 nitrogen and oxygen atoms in total. The van der Waals surface area contributed by atoms with Gasteiger partial charge in [-0.2, -0.15) is 0 Å². The highest BCUT2D eigenvalue weighted by Gasteiger charge is 2.19. The number of nitrogens with one attached hydrogen (secondary N) is 1. The van der Waals surface area contributed by atoms with Crippen molar-refractivity contribution < 1.29 is 28.5 Å². The largest absolute Gasteiger partial charge is 0.490 e.